The first-order chi connectivity index (χ1) is 9.66. The number of nitrogens with zero attached hydrogens (tertiary/aromatic N) is 3. The van der Waals surface area contributed by atoms with Gasteiger partial charge in [0.2, 0.25) is 5.95 Å². The number of nitrogens with two attached hydrogens (primary N) is 1. The van der Waals surface area contributed by atoms with E-state index in [1.54, 1.807) is 6.07 Å². The second-order valence-electron chi connectivity index (χ2n) is 5.65. The fourth-order valence-electron chi connectivity index (χ4n) is 3.15. The number of rotatable bonds is 4. The largest absolute Gasteiger partial charge is 0.369 e. The average molecular weight is 276 g/mol. The minimum atomic E-state index is -0.308. The molecule has 2 aromatic rings. The Morgan fingerprint density at radius 3 is 2.90 bits per heavy atom. The van der Waals surface area contributed by atoms with E-state index in [1.807, 2.05) is 10.6 Å². The molecule has 0 aliphatic heterocycles. The third-order valence-electron chi connectivity index (χ3n) is 4.38. The van der Waals surface area contributed by atoms with Gasteiger partial charge in [-0.1, -0.05) is 18.9 Å². The molecular weight excluding hydrogens is 255 g/mol. The topological polar surface area (TPSA) is 47.1 Å². The molecule has 20 heavy (non-hydrogen) atoms. The van der Waals surface area contributed by atoms with Gasteiger partial charge in [-0.15, -0.1) is 0 Å². The van der Waals surface area contributed by atoms with Gasteiger partial charge in [-0.25, -0.2) is 9.37 Å². The van der Waals surface area contributed by atoms with Gasteiger partial charge in [-0.2, -0.15) is 0 Å². The number of nitrogen functional groups attached to an aromatic ring is 1. The summed E-state index contributed by atoms with van der Waals surface area (Å²) in [6.45, 7) is 1.66. The van der Waals surface area contributed by atoms with E-state index in [0.29, 0.717) is 17.5 Å². The number of likely N-dealkylation sites (N-methyl/N-ethyl adjacent to an activating group) is 1. The second-order valence-corrected chi connectivity index (χ2v) is 5.65. The van der Waals surface area contributed by atoms with Crippen LogP contribution in [0.2, 0.25) is 0 Å². The van der Waals surface area contributed by atoms with Gasteiger partial charge in [0.15, 0.2) is 5.82 Å². The highest BCUT2D eigenvalue weighted by molar-refractivity contribution is 5.78. The number of fused-ring (bicyclic) bond motifs is 1. The summed E-state index contributed by atoms with van der Waals surface area (Å²) in [5, 5.41) is 0. The Morgan fingerprint density at radius 1 is 1.40 bits per heavy atom. The minimum Gasteiger partial charge on any atom is -0.369 e. The molecule has 0 spiro atoms. The summed E-state index contributed by atoms with van der Waals surface area (Å²) >= 11 is 0. The van der Waals surface area contributed by atoms with Crippen molar-refractivity contribution in [3.8, 4) is 0 Å². The monoisotopic (exact) mass is 276 g/mol. The molecule has 5 heteroatoms. The van der Waals surface area contributed by atoms with Gasteiger partial charge in [-0.05, 0) is 32.0 Å². The van der Waals surface area contributed by atoms with Crippen molar-refractivity contribution in [3.63, 3.8) is 0 Å². The van der Waals surface area contributed by atoms with Crippen LogP contribution in [0.1, 0.15) is 25.7 Å². The van der Waals surface area contributed by atoms with Crippen molar-refractivity contribution in [2.24, 2.45) is 0 Å². The first-order valence-corrected chi connectivity index (χ1v) is 7.27. The van der Waals surface area contributed by atoms with Crippen LogP contribution in [0.25, 0.3) is 11.0 Å². The maximum absolute atomic E-state index is 13.7. The zero-order chi connectivity index (χ0) is 14.1. The molecule has 1 aromatic carbocycles. The van der Waals surface area contributed by atoms with E-state index in [4.69, 9.17) is 5.73 Å². The van der Waals surface area contributed by atoms with Gasteiger partial charge in [0.05, 0.1) is 5.52 Å². The Labute approximate surface area is 118 Å². The van der Waals surface area contributed by atoms with Crippen LogP contribution in [0.15, 0.2) is 18.2 Å². The zero-order valence-electron chi connectivity index (χ0n) is 11.8. The Bertz CT molecular complexity index is 601. The van der Waals surface area contributed by atoms with Gasteiger partial charge in [0.1, 0.15) is 5.52 Å². The van der Waals surface area contributed by atoms with Crippen molar-refractivity contribution >= 4 is 17.0 Å². The van der Waals surface area contributed by atoms with Gasteiger partial charge < -0.3 is 15.2 Å². The van der Waals surface area contributed by atoms with Crippen LogP contribution in [-0.4, -0.2) is 34.1 Å². The zero-order valence-corrected chi connectivity index (χ0v) is 11.8. The van der Waals surface area contributed by atoms with E-state index in [0.717, 1.165) is 18.6 Å². The van der Waals surface area contributed by atoms with Crippen molar-refractivity contribution in [2.45, 2.75) is 38.3 Å². The number of halogens is 1. The van der Waals surface area contributed by atoms with Crippen LogP contribution in [0.4, 0.5) is 10.3 Å². The Hall–Kier alpha value is -1.62. The highest BCUT2D eigenvalue weighted by Crippen LogP contribution is 2.23. The predicted octanol–water partition coefficient (Wildman–Crippen LogP) is 2.63. The molecular formula is C15H21FN4. The third-order valence-corrected chi connectivity index (χ3v) is 4.38. The fraction of sp³-hybridized carbons (Fsp3) is 0.533. The van der Waals surface area contributed by atoms with Crippen molar-refractivity contribution in [2.75, 3.05) is 19.3 Å². The van der Waals surface area contributed by atoms with Crippen molar-refractivity contribution < 1.29 is 4.39 Å². The summed E-state index contributed by atoms with van der Waals surface area (Å²) in [5.41, 5.74) is 7.08. The molecule has 0 atom stereocenters. The maximum Gasteiger partial charge on any atom is 0.201 e. The lowest BCUT2D eigenvalue weighted by Gasteiger charge is -2.24. The Morgan fingerprint density at radius 2 is 2.15 bits per heavy atom. The molecule has 1 aromatic heterocycles. The lowest BCUT2D eigenvalue weighted by Crippen LogP contribution is -2.32. The molecule has 2 N–H and O–H groups in total. The van der Waals surface area contributed by atoms with Crippen LogP contribution in [0.3, 0.4) is 0 Å². The molecule has 0 radical (unpaired) electrons. The Kier molecular flexibility index (Phi) is 3.61. The van der Waals surface area contributed by atoms with Crippen molar-refractivity contribution in [3.05, 3.63) is 24.0 Å². The molecule has 1 aliphatic rings. The van der Waals surface area contributed by atoms with E-state index in [9.17, 15) is 4.39 Å². The van der Waals surface area contributed by atoms with Crippen LogP contribution >= 0.6 is 0 Å². The predicted molar refractivity (Wildman–Crippen MR) is 79.0 cm³/mol. The number of hydrogen-bond acceptors (Lipinski definition) is 3. The van der Waals surface area contributed by atoms with E-state index in [2.05, 4.69) is 16.9 Å². The molecule has 0 bridgehead atoms. The maximum atomic E-state index is 13.7. The lowest BCUT2D eigenvalue weighted by atomic mass is 10.2. The van der Waals surface area contributed by atoms with Gasteiger partial charge in [0, 0.05) is 19.1 Å². The summed E-state index contributed by atoms with van der Waals surface area (Å²) in [4.78, 5) is 6.52. The highest BCUT2D eigenvalue weighted by Gasteiger charge is 2.20. The molecule has 0 amide bonds. The van der Waals surface area contributed by atoms with Crippen LogP contribution in [-0.2, 0) is 6.54 Å². The molecule has 0 unspecified atom stereocenters. The molecule has 1 heterocycles. The van der Waals surface area contributed by atoms with E-state index < -0.39 is 0 Å². The number of hydrogen-bond donors (Lipinski definition) is 1. The van der Waals surface area contributed by atoms with Gasteiger partial charge >= 0.3 is 0 Å². The fourth-order valence-corrected chi connectivity index (χ4v) is 3.15. The smallest absolute Gasteiger partial charge is 0.201 e. The number of benzene rings is 1. The summed E-state index contributed by atoms with van der Waals surface area (Å²) in [6, 6.07) is 5.68. The van der Waals surface area contributed by atoms with Gasteiger partial charge in [-0.3, -0.25) is 0 Å². The summed E-state index contributed by atoms with van der Waals surface area (Å²) in [6.07, 6.45) is 5.23. The van der Waals surface area contributed by atoms with Crippen molar-refractivity contribution in [1.82, 2.24) is 14.5 Å². The van der Waals surface area contributed by atoms with E-state index in [-0.39, 0.29) is 5.82 Å². The second kappa shape index (κ2) is 5.40. The third kappa shape index (κ3) is 2.38. The first-order valence-electron chi connectivity index (χ1n) is 7.27. The molecule has 1 saturated carbocycles. The Balaban J connectivity index is 1.77. The lowest BCUT2D eigenvalue weighted by molar-refractivity contribution is 0.238. The summed E-state index contributed by atoms with van der Waals surface area (Å²) in [7, 11) is 2.16. The van der Waals surface area contributed by atoms with Gasteiger partial charge in [0.25, 0.3) is 0 Å². The van der Waals surface area contributed by atoms with E-state index in [1.165, 1.54) is 31.7 Å². The molecule has 0 saturated heterocycles. The van der Waals surface area contributed by atoms with Crippen LogP contribution in [0.5, 0.6) is 0 Å². The molecule has 4 nitrogen and oxygen atoms in total. The molecule has 1 fully saturated rings. The SMILES string of the molecule is CN(CCn1c(N)nc2c(F)cccc21)C1CCCC1. The quantitative estimate of drug-likeness (QED) is 0.934. The summed E-state index contributed by atoms with van der Waals surface area (Å²) in [5.74, 6) is 0.0852. The number of anilines is 1. The van der Waals surface area contributed by atoms with Crippen molar-refractivity contribution in [1.29, 1.82) is 0 Å². The van der Waals surface area contributed by atoms with E-state index >= 15 is 0 Å². The van der Waals surface area contributed by atoms with Crippen LogP contribution < -0.4 is 5.73 Å². The number of para-hydroxylation sites is 1. The number of aromatic nitrogens is 2. The molecule has 1 aliphatic carbocycles. The molecule has 3 rings (SSSR count). The first kappa shape index (κ1) is 13.4. The molecule has 108 valence electrons. The summed E-state index contributed by atoms with van der Waals surface area (Å²) < 4.78 is 15.6. The number of imidazole rings is 1. The highest BCUT2D eigenvalue weighted by atomic mass is 19.1. The minimum absolute atomic E-state index is 0.308. The average Bonchev–Trinajstić information content (AvgIpc) is 3.05. The van der Waals surface area contributed by atoms with Crippen LogP contribution in [0, 0.1) is 5.82 Å². The normalized spacial score (nSPS) is 16.6. The standard InChI is InChI=1S/C15H21FN4/c1-19(11-5-2-3-6-11)9-10-20-13-8-4-7-12(16)14(13)18-15(20)17/h4,7-8,11H,2-3,5-6,9-10H2,1H3,(H2,17,18).